The molecule has 1 atom stereocenters. The van der Waals surface area contributed by atoms with Crippen LogP contribution in [0.5, 0.6) is 0 Å². The van der Waals surface area contributed by atoms with Crippen molar-refractivity contribution in [2.24, 2.45) is 11.7 Å². The first-order chi connectivity index (χ1) is 8.32. The highest BCUT2D eigenvalue weighted by Gasteiger charge is 2.20. The number of carbonyl (C=O) groups excluding carboxylic acids is 2. The van der Waals surface area contributed by atoms with Gasteiger partial charge in [-0.2, -0.15) is 0 Å². The summed E-state index contributed by atoms with van der Waals surface area (Å²) in [5.74, 6) is -1.33. The number of carboxylic acids is 1. The summed E-state index contributed by atoms with van der Waals surface area (Å²) in [6.45, 7) is 4.52. The average Bonchev–Trinajstić information content (AvgIpc) is 2.22. The minimum Gasteiger partial charge on any atom is -0.480 e. The molecule has 104 valence electrons. The quantitative estimate of drug-likeness (QED) is 0.492. The lowest BCUT2D eigenvalue weighted by Gasteiger charge is -2.14. The molecule has 0 aliphatic carbocycles. The number of carboxylic acid groups (broad SMARTS) is 1. The molecule has 0 rings (SSSR count). The largest absolute Gasteiger partial charge is 0.480 e. The van der Waals surface area contributed by atoms with Gasteiger partial charge in [-0.25, -0.2) is 9.59 Å². The molecule has 0 saturated carbocycles. The van der Waals surface area contributed by atoms with Crippen LogP contribution in [0.3, 0.4) is 0 Å². The molecule has 0 spiro atoms. The molecule has 7 nitrogen and oxygen atoms in total. The van der Waals surface area contributed by atoms with Crippen molar-refractivity contribution in [3.8, 4) is 0 Å². The third-order valence-electron chi connectivity index (χ3n) is 2.29. The van der Waals surface area contributed by atoms with Gasteiger partial charge >= 0.3 is 12.0 Å². The molecule has 3 amide bonds. The number of nitrogens with one attached hydrogen (secondary N) is 2. The first-order valence-electron chi connectivity index (χ1n) is 5.88. The number of hydrogen-bond acceptors (Lipinski definition) is 3. The fourth-order valence-corrected chi connectivity index (χ4v) is 1.23. The van der Waals surface area contributed by atoms with Gasteiger partial charge in [0.1, 0.15) is 6.04 Å². The van der Waals surface area contributed by atoms with E-state index < -0.39 is 23.9 Å². The smallest absolute Gasteiger partial charge is 0.326 e. The highest BCUT2D eigenvalue weighted by Crippen LogP contribution is 1.98. The van der Waals surface area contributed by atoms with Crippen LogP contribution in [-0.4, -0.2) is 35.6 Å². The van der Waals surface area contributed by atoms with Gasteiger partial charge < -0.3 is 21.5 Å². The third-order valence-corrected chi connectivity index (χ3v) is 2.29. The van der Waals surface area contributed by atoms with Crippen molar-refractivity contribution in [2.75, 3.05) is 6.54 Å². The van der Waals surface area contributed by atoms with Gasteiger partial charge in [0.2, 0.25) is 5.91 Å². The molecule has 0 aromatic rings. The van der Waals surface area contributed by atoms with Gasteiger partial charge in [0, 0.05) is 13.0 Å². The number of aliphatic carboxylic acids is 1. The summed E-state index contributed by atoms with van der Waals surface area (Å²) in [4.78, 5) is 32.8. The van der Waals surface area contributed by atoms with Crippen LogP contribution in [0.25, 0.3) is 0 Å². The minimum absolute atomic E-state index is 0.0116. The molecule has 5 N–H and O–H groups in total. The summed E-state index contributed by atoms with van der Waals surface area (Å²) in [6, 6.07) is -1.65. The standard InChI is InChI=1S/C11H21N3O4/c1-7(2)5-6-13-11(18)14-8(10(16)17)3-4-9(12)15/h7-8H,3-6H2,1-2H3,(H2,12,15)(H,16,17)(H2,13,14,18)/t8-/m0/s1. The van der Waals surface area contributed by atoms with Crippen LogP contribution in [0.4, 0.5) is 4.79 Å². The second-order valence-electron chi connectivity index (χ2n) is 4.48. The SMILES string of the molecule is CC(C)CCNC(=O)N[C@@H](CCC(N)=O)C(=O)O. The van der Waals surface area contributed by atoms with Gasteiger partial charge in [-0.05, 0) is 18.8 Å². The van der Waals surface area contributed by atoms with Crippen LogP contribution in [0.2, 0.25) is 0 Å². The van der Waals surface area contributed by atoms with Crippen molar-refractivity contribution in [2.45, 2.75) is 39.2 Å². The summed E-state index contributed by atoms with van der Waals surface area (Å²) in [7, 11) is 0. The summed E-state index contributed by atoms with van der Waals surface area (Å²) in [5, 5.41) is 13.7. The van der Waals surface area contributed by atoms with Crippen LogP contribution < -0.4 is 16.4 Å². The molecule has 0 radical (unpaired) electrons. The van der Waals surface area contributed by atoms with Gasteiger partial charge in [0.15, 0.2) is 0 Å². The third kappa shape index (κ3) is 8.37. The summed E-state index contributed by atoms with van der Waals surface area (Å²) in [5.41, 5.74) is 4.92. The maximum absolute atomic E-state index is 11.4. The van der Waals surface area contributed by atoms with Crippen LogP contribution in [-0.2, 0) is 9.59 Å². The minimum atomic E-state index is -1.18. The Hall–Kier alpha value is -1.79. The number of carbonyl (C=O) groups is 3. The molecule has 0 saturated heterocycles. The van der Waals surface area contributed by atoms with E-state index in [2.05, 4.69) is 10.6 Å². The molecule has 0 bridgehead atoms. The zero-order chi connectivity index (χ0) is 14.1. The average molecular weight is 259 g/mol. The normalized spacial score (nSPS) is 11.9. The number of primary amides is 1. The molecule has 18 heavy (non-hydrogen) atoms. The van der Waals surface area contributed by atoms with Gasteiger partial charge in [-0.15, -0.1) is 0 Å². The molecule has 0 fully saturated rings. The van der Waals surface area contributed by atoms with Gasteiger partial charge in [-0.3, -0.25) is 4.79 Å². The van der Waals surface area contributed by atoms with Crippen LogP contribution in [0, 0.1) is 5.92 Å². The van der Waals surface area contributed by atoms with Crippen molar-refractivity contribution < 1.29 is 19.5 Å². The van der Waals surface area contributed by atoms with Gasteiger partial charge in [-0.1, -0.05) is 13.8 Å². The highest BCUT2D eigenvalue weighted by molar-refractivity contribution is 5.83. The first kappa shape index (κ1) is 16.2. The predicted octanol–water partition coefficient (Wildman–Crippen LogP) is 0.0504. The maximum Gasteiger partial charge on any atom is 0.326 e. The van der Waals surface area contributed by atoms with E-state index in [0.29, 0.717) is 12.5 Å². The summed E-state index contributed by atoms with van der Waals surface area (Å²) >= 11 is 0. The molecule has 0 aromatic carbocycles. The van der Waals surface area contributed by atoms with Crippen LogP contribution in [0.15, 0.2) is 0 Å². The fourth-order valence-electron chi connectivity index (χ4n) is 1.23. The second-order valence-corrected chi connectivity index (χ2v) is 4.48. The first-order valence-corrected chi connectivity index (χ1v) is 5.88. The summed E-state index contributed by atoms with van der Waals surface area (Å²) < 4.78 is 0. The molecular weight excluding hydrogens is 238 g/mol. The lowest BCUT2D eigenvalue weighted by atomic mass is 10.1. The molecule has 7 heteroatoms. The monoisotopic (exact) mass is 259 g/mol. The van der Waals surface area contributed by atoms with E-state index in [1.165, 1.54) is 0 Å². The van der Waals surface area contributed by atoms with Crippen LogP contribution in [0.1, 0.15) is 33.1 Å². The van der Waals surface area contributed by atoms with E-state index in [4.69, 9.17) is 10.8 Å². The highest BCUT2D eigenvalue weighted by atomic mass is 16.4. The molecule has 0 unspecified atom stereocenters. The van der Waals surface area contributed by atoms with E-state index in [1.54, 1.807) is 0 Å². The molecule has 0 aromatic heterocycles. The van der Waals surface area contributed by atoms with Gasteiger partial charge in [0.05, 0.1) is 0 Å². The number of hydrogen-bond donors (Lipinski definition) is 4. The van der Waals surface area contributed by atoms with Crippen molar-refractivity contribution in [3.63, 3.8) is 0 Å². The molecule has 0 aliphatic rings. The summed E-state index contributed by atoms with van der Waals surface area (Å²) in [6.07, 6.45) is 0.720. The second kappa shape index (κ2) is 8.32. The van der Waals surface area contributed by atoms with E-state index >= 15 is 0 Å². The van der Waals surface area contributed by atoms with Crippen molar-refractivity contribution in [1.29, 1.82) is 0 Å². The van der Waals surface area contributed by atoms with E-state index in [1.807, 2.05) is 13.8 Å². The Kier molecular flexibility index (Phi) is 7.50. The number of rotatable bonds is 8. The maximum atomic E-state index is 11.4. The molecule has 0 aliphatic heterocycles. The lowest BCUT2D eigenvalue weighted by molar-refractivity contribution is -0.139. The topological polar surface area (TPSA) is 122 Å². The Bertz CT molecular complexity index is 305. The fraction of sp³-hybridized carbons (Fsp3) is 0.727. The Labute approximate surface area is 106 Å². The van der Waals surface area contributed by atoms with Crippen molar-refractivity contribution >= 4 is 17.9 Å². The number of amides is 3. The van der Waals surface area contributed by atoms with Gasteiger partial charge in [0.25, 0.3) is 0 Å². The predicted molar refractivity (Wildman–Crippen MR) is 65.8 cm³/mol. The number of urea groups is 1. The Balaban J connectivity index is 4.04. The molecular formula is C11H21N3O4. The Morgan fingerprint density at radius 3 is 2.28 bits per heavy atom. The Morgan fingerprint density at radius 1 is 1.22 bits per heavy atom. The van der Waals surface area contributed by atoms with E-state index in [-0.39, 0.29) is 12.8 Å². The Morgan fingerprint density at radius 2 is 1.83 bits per heavy atom. The zero-order valence-electron chi connectivity index (χ0n) is 10.7. The van der Waals surface area contributed by atoms with E-state index in [9.17, 15) is 14.4 Å². The van der Waals surface area contributed by atoms with Crippen molar-refractivity contribution in [3.05, 3.63) is 0 Å². The van der Waals surface area contributed by atoms with Crippen molar-refractivity contribution in [1.82, 2.24) is 10.6 Å². The lowest BCUT2D eigenvalue weighted by Crippen LogP contribution is -2.46. The number of nitrogens with two attached hydrogens (primary N) is 1. The zero-order valence-corrected chi connectivity index (χ0v) is 10.7. The molecule has 0 heterocycles. The van der Waals surface area contributed by atoms with Crippen LogP contribution >= 0.6 is 0 Å². The van der Waals surface area contributed by atoms with E-state index in [0.717, 1.165) is 6.42 Å².